The number of rotatable bonds is 5. The lowest BCUT2D eigenvalue weighted by molar-refractivity contribution is 0.825. The quantitative estimate of drug-likeness (QED) is 0.738. The zero-order chi connectivity index (χ0) is 9.68. The van der Waals surface area contributed by atoms with Gasteiger partial charge in [-0.2, -0.15) is 11.8 Å². The smallest absolute Gasteiger partial charge is 0.0797 e. The fourth-order valence-corrected chi connectivity index (χ4v) is 3.54. The molecule has 0 bridgehead atoms. The van der Waals surface area contributed by atoms with E-state index in [-0.39, 0.29) is 0 Å². The van der Waals surface area contributed by atoms with Crippen LogP contribution in [-0.4, -0.2) is 10.7 Å². The van der Waals surface area contributed by atoms with E-state index in [1.54, 1.807) is 11.3 Å². The minimum atomic E-state index is 0.620. The topological polar surface area (TPSA) is 12.9 Å². The summed E-state index contributed by atoms with van der Waals surface area (Å²) >= 11 is 3.78. The number of aromatic nitrogens is 1. The normalized spacial score (nSPS) is 13.2. The van der Waals surface area contributed by atoms with Crippen LogP contribution in [0.4, 0.5) is 0 Å². The predicted octanol–water partition coefficient (Wildman–Crippen LogP) is 3.86. The number of nitrogens with zero attached hydrogens (tertiary/aromatic N) is 1. The molecule has 0 aromatic carbocycles. The second-order valence-corrected chi connectivity index (χ2v) is 5.25. The van der Waals surface area contributed by atoms with Gasteiger partial charge in [0.1, 0.15) is 0 Å². The van der Waals surface area contributed by atoms with E-state index in [0.717, 1.165) is 6.42 Å². The van der Waals surface area contributed by atoms with Crippen molar-refractivity contribution in [3.8, 4) is 0 Å². The average molecular weight is 214 g/mol. The zero-order valence-electron chi connectivity index (χ0n) is 8.25. The monoisotopic (exact) mass is 214 g/mol. The molecule has 0 aliphatic carbocycles. The van der Waals surface area contributed by atoms with Crippen LogP contribution in [-0.2, 0) is 0 Å². The first-order chi connectivity index (χ1) is 6.29. The summed E-state index contributed by atoms with van der Waals surface area (Å²) in [6.45, 7) is 8.22. The van der Waals surface area contributed by atoms with Gasteiger partial charge in [-0.1, -0.05) is 20.3 Å². The third-order valence-corrected chi connectivity index (χ3v) is 4.31. The summed E-state index contributed by atoms with van der Waals surface area (Å²) < 4.78 is 0. The van der Waals surface area contributed by atoms with Gasteiger partial charge in [0.05, 0.1) is 11.2 Å². The molecule has 1 aromatic heterocycles. The van der Waals surface area contributed by atoms with Gasteiger partial charge in [-0.15, -0.1) is 11.3 Å². The van der Waals surface area contributed by atoms with E-state index in [1.807, 2.05) is 17.3 Å². The van der Waals surface area contributed by atoms with Gasteiger partial charge in [-0.25, -0.2) is 4.98 Å². The van der Waals surface area contributed by atoms with Crippen LogP contribution < -0.4 is 0 Å². The molecule has 0 spiro atoms. The van der Waals surface area contributed by atoms with Crippen LogP contribution in [0.25, 0.3) is 0 Å². The molecule has 0 fully saturated rings. The molecule has 13 heavy (non-hydrogen) atoms. The molecule has 0 saturated heterocycles. The Morgan fingerprint density at radius 3 is 2.92 bits per heavy atom. The fourth-order valence-electron chi connectivity index (χ4n) is 1.30. The summed E-state index contributed by atoms with van der Waals surface area (Å²) in [6, 6.07) is 0. The molecule has 1 aromatic rings. The number of aryl methyl sites for hydroxylation is 1. The number of hydrogen-bond donors (Lipinski definition) is 0. The van der Waals surface area contributed by atoms with Gasteiger partial charge in [0.25, 0.3) is 0 Å². The highest BCUT2D eigenvalue weighted by Gasteiger charge is 2.14. The van der Waals surface area contributed by atoms with Crippen LogP contribution >= 0.6 is 23.1 Å². The molecule has 1 nitrogen and oxygen atoms in total. The van der Waals surface area contributed by atoms with E-state index in [0.29, 0.717) is 5.25 Å². The van der Waals surface area contributed by atoms with Crippen molar-refractivity contribution in [1.29, 1.82) is 0 Å². The SMILES string of the molecule is [CH2]CCC(SCC)c1scnc1C. The van der Waals surface area contributed by atoms with Crippen LogP contribution in [0.3, 0.4) is 0 Å². The Bertz CT molecular complexity index is 239. The van der Waals surface area contributed by atoms with Crippen molar-refractivity contribution in [2.75, 3.05) is 5.75 Å². The summed E-state index contributed by atoms with van der Waals surface area (Å²) in [5.41, 5.74) is 3.14. The molecule has 0 aliphatic rings. The van der Waals surface area contributed by atoms with Gasteiger partial charge in [-0.05, 0) is 19.1 Å². The Morgan fingerprint density at radius 1 is 1.69 bits per heavy atom. The number of thiazole rings is 1. The minimum absolute atomic E-state index is 0.620. The molecular formula is C10H16NS2. The van der Waals surface area contributed by atoms with Crippen LogP contribution in [0.15, 0.2) is 5.51 Å². The van der Waals surface area contributed by atoms with E-state index in [1.165, 1.54) is 22.7 Å². The maximum absolute atomic E-state index is 4.29. The van der Waals surface area contributed by atoms with E-state index in [4.69, 9.17) is 0 Å². The van der Waals surface area contributed by atoms with E-state index < -0.39 is 0 Å². The van der Waals surface area contributed by atoms with Gasteiger partial charge in [0.15, 0.2) is 0 Å². The second-order valence-electron chi connectivity index (χ2n) is 2.89. The Morgan fingerprint density at radius 2 is 2.46 bits per heavy atom. The summed E-state index contributed by atoms with van der Waals surface area (Å²) in [6.07, 6.45) is 2.18. The van der Waals surface area contributed by atoms with E-state index in [2.05, 4.69) is 25.8 Å². The molecule has 73 valence electrons. The van der Waals surface area contributed by atoms with E-state index in [9.17, 15) is 0 Å². The molecule has 0 aliphatic heterocycles. The number of hydrogen-bond acceptors (Lipinski definition) is 3. The minimum Gasteiger partial charge on any atom is -0.250 e. The maximum Gasteiger partial charge on any atom is 0.0797 e. The highest BCUT2D eigenvalue weighted by molar-refractivity contribution is 7.99. The van der Waals surface area contributed by atoms with Crippen molar-refractivity contribution in [3.05, 3.63) is 23.0 Å². The van der Waals surface area contributed by atoms with Crippen LogP contribution in [0.1, 0.15) is 35.6 Å². The van der Waals surface area contributed by atoms with Gasteiger partial charge in [-0.3, -0.25) is 0 Å². The van der Waals surface area contributed by atoms with Crippen LogP contribution in [0.2, 0.25) is 0 Å². The molecule has 0 amide bonds. The molecule has 1 radical (unpaired) electrons. The van der Waals surface area contributed by atoms with Gasteiger partial charge in [0, 0.05) is 10.1 Å². The van der Waals surface area contributed by atoms with Crippen molar-refractivity contribution < 1.29 is 0 Å². The molecule has 1 unspecified atom stereocenters. The van der Waals surface area contributed by atoms with Crippen molar-refractivity contribution in [2.24, 2.45) is 0 Å². The van der Waals surface area contributed by atoms with Crippen molar-refractivity contribution in [3.63, 3.8) is 0 Å². The molecule has 1 heterocycles. The summed E-state index contributed by atoms with van der Waals surface area (Å²) in [7, 11) is 0. The lowest BCUT2D eigenvalue weighted by Gasteiger charge is -2.13. The van der Waals surface area contributed by atoms with Crippen LogP contribution in [0.5, 0.6) is 0 Å². The lowest BCUT2D eigenvalue weighted by Crippen LogP contribution is -1.94. The lowest BCUT2D eigenvalue weighted by atomic mass is 10.2. The Labute approximate surface area is 89.0 Å². The molecular weight excluding hydrogens is 198 g/mol. The maximum atomic E-state index is 4.29. The first kappa shape index (κ1) is 11.1. The Balaban J connectivity index is 2.69. The fraction of sp³-hybridized carbons (Fsp3) is 0.600. The van der Waals surface area contributed by atoms with Crippen molar-refractivity contribution in [1.82, 2.24) is 4.98 Å². The molecule has 3 heteroatoms. The van der Waals surface area contributed by atoms with Crippen molar-refractivity contribution >= 4 is 23.1 Å². The van der Waals surface area contributed by atoms with E-state index >= 15 is 0 Å². The Hall–Kier alpha value is -0.0200. The molecule has 1 rings (SSSR count). The summed E-state index contributed by atoms with van der Waals surface area (Å²) in [5.74, 6) is 1.17. The highest BCUT2D eigenvalue weighted by Crippen LogP contribution is 2.36. The predicted molar refractivity (Wildman–Crippen MR) is 62.3 cm³/mol. The Kier molecular flexibility index (Phi) is 4.81. The van der Waals surface area contributed by atoms with Gasteiger partial charge in [0.2, 0.25) is 0 Å². The molecule has 0 saturated carbocycles. The molecule has 0 N–H and O–H groups in total. The standard InChI is InChI=1S/C10H16NS2/c1-4-6-9(12-5-2)10-8(3)11-7-13-10/h7,9H,1,4-6H2,2-3H3. The third kappa shape index (κ3) is 2.99. The second kappa shape index (κ2) is 5.66. The average Bonchev–Trinajstić information content (AvgIpc) is 2.51. The third-order valence-electron chi connectivity index (χ3n) is 1.91. The number of thioether (sulfide) groups is 1. The van der Waals surface area contributed by atoms with Gasteiger partial charge < -0.3 is 0 Å². The van der Waals surface area contributed by atoms with Crippen molar-refractivity contribution in [2.45, 2.75) is 31.9 Å². The molecule has 1 atom stereocenters. The summed E-state index contributed by atoms with van der Waals surface area (Å²) in [4.78, 5) is 5.73. The van der Waals surface area contributed by atoms with Gasteiger partial charge >= 0.3 is 0 Å². The largest absolute Gasteiger partial charge is 0.250 e. The zero-order valence-corrected chi connectivity index (χ0v) is 9.88. The van der Waals surface area contributed by atoms with Crippen LogP contribution in [0, 0.1) is 13.8 Å². The first-order valence-electron chi connectivity index (χ1n) is 4.60. The summed E-state index contributed by atoms with van der Waals surface area (Å²) in [5, 5.41) is 0.620. The highest BCUT2D eigenvalue weighted by atomic mass is 32.2. The first-order valence-corrected chi connectivity index (χ1v) is 6.53.